The molecule has 1 aliphatic rings. The lowest BCUT2D eigenvalue weighted by atomic mass is 9.97. The highest BCUT2D eigenvalue weighted by molar-refractivity contribution is 5.93. The molecule has 0 radical (unpaired) electrons. The average Bonchev–Trinajstić information content (AvgIpc) is 3.33. The number of H-pyrrole nitrogens is 1. The number of fused-ring (bicyclic) bond motifs is 1. The lowest BCUT2D eigenvalue weighted by molar-refractivity contribution is -0.149. The van der Waals surface area contributed by atoms with Crippen molar-refractivity contribution in [1.29, 1.82) is 0 Å². The molecule has 172 valence electrons. The highest BCUT2D eigenvalue weighted by Crippen LogP contribution is 2.27. The van der Waals surface area contributed by atoms with Gasteiger partial charge in [-0.15, -0.1) is 0 Å². The molecule has 0 bridgehead atoms. The first-order valence-electron chi connectivity index (χ1n) is 11.6. The fraction of sp³-hybridized carbons (Fsp3) is 0.259. The van der Waals surface area contributed by atoms with Gasteiger partial charge in [-0.3, -0.25) is 9.59 Å². The molecule has 4 aromatic rings. The Kier molecular flexibility index (Phi) is 6.08. The van der Waals surface area contributed by atoms with Crippen molar-refractivity contribution in [3.8, 4) is 22.5 Å². The number of ether oxygens (including phenoxy) is 1. The number of hydrogen-bond donors (Lipinski definition) is 1. The second-order valence-electron chi connectivity index (χ2n) is 8.44. The number of piperidine rings is 1. The summed E-state index contributed by atoms with van der Waals surface area (Å²) in [5.74, 6) is -0.424. The van der Waals surface area contributed by atoms with Gasteiger partial charge >= 0.3 is 5.97 Å². The second kappa shape index (κ2) is 9.47. The van der Waals surface area contributed by atoms with Gasteiger partial charge < -0.3 is 14.6 Å². The number of benzene rings is 1. The van der Waals surface area contributed by atoms with Crippen LogP contribution in [-0.4, -0.2) is 51.4 Å². The van der Waals surface area contributed by atoms with E-state index in [1.54, 1.807) is 24.1 Å². The first-order valence-corrected chi connectivity index (χ1v) is 11.6. The summed E-state index contributed by atoms with van der Waals surface area (Å²) in [4.78, 5) is 39.4. The van der Waals surface area contributed by atoms with Crippen molar-refractivity contribution in [3.05, 3.63) is 72.6 Å². The van der Waals surface area contributed by atoms with Crippen LogP contribution >= 0.6 is 0 Å². The summed E-state index contributed by atoms with van der Waals surface area (Å²) < 4.78 is 5.12. The molecule has 0 unspecified atom stereocenters. The molecule has 34 heavy (non-hydrogen) atoms. The van der Waals surface area contributed by atoms with Crippen molar-refractivity contribution in [2.75, 3.05) is 19.7 Å². The Morgan fingerprint density at radius 1 is 1.03 bits per heavy atom. The van der Waals surface area contributed by atoms with Gasteiger partial charge in [-0.25, -0.2) is 9.97 Å². The van der Waals surface area contributed by atoms with Gasteiger partial charge in [0.15, 0.2) is 0 Å². The molecule has 0 aliphatic carbocycles. The molecule has 4 heterocycles. The average molecular weight is 455 g/mol. The minimum Gasteiger partial charge on any atom is -0.466 e. The van der Waals surface area contributed by atoms with E-state index in [2.05, 4.69) is 33.2 Å². The summed E-state index contributed by atoms with van der Waals surface area (Å²) in [6.45, 7) is 3.23. The first kappa shape index (κ1) is 21.8. The van der Waals surface area contributed by atoms with Crippen LogP contribution in [-0.2, 0) is 9.53 Å². The Morgan fingerprint density at radius 2 is 1.82 bits per heavy atom. The van der Waals surface area contributed by atoms with Crippen LogP contribution < -0.4 is 0 Å². The molecule has 0 saturated carbocycles. The predicted octanol–water partition coefficient (Wildman–Crippen LogP) is 4.71. The quantitative estimate of drug-likeness (QED) is 0.441. The number of rotatable bonds is 5. The van der Waals surface area contributed by atoms with Crippen molar-refractivity contribution in [2.24, 2.45) is 5.92 Å². The fourth-order valence-corrected chi connectivity index (χ4v) is 4.38. The molecule has 1 aliphatic heterocycles. The number of hydrogen-bond acceptors (Lipinski definition) is 5. The van der Waals surface area contributed by atoms with Gasteiger partial charge in [-0.1, -0.05) is 36.4 Å². The zero-order chi connectivity index (χ0) is 23.5. The van der Waals surface area contributed by atoms with E-state index < -0.39 is 0 Å². The van der Waals surface area contributed by atoms with Crippen LogP contribution in [0.2, 0.25) is 0 Å². The monoisotopic (exact) mass is 454 g/mol. The minimum absolute atomic E-state index is 0.119. The van der Waals surface area contributed by atoms with Crippen LogP contribution in [0.15, 0.2) is 66.9 Å². The number of likely N-dealkylation sites (tertiary alicyclic amines) is 1. The number of pyridine rings is 2. The zero-order valence-electron chi connectivity index (χ0n) is 19.0. The SMILES string of the molecule is CCOC(=O)C1CCN(C(=O)c2cccc(-c3cnc4[nH]c(-c5ccccc5)cc4c3)n2)CC1. The number of aromatic nitrogens is 3. The van der Waals surface area contributed by atoms with Crippen molar-refractivity contribution in [2.45, 2.75) is 19.8 Å². The summed E-state index contributed by atoms with van der Waals surface area (Å²) in [6.07, 6.45) is 3.00. The van der Waals surface area contributed by atoms with Gasteiger partial charge in [0.2, 0.25) is 0 Å². The normalized spacial score (nSPS) is 14.3. The molecule has 0 spiro atoms. The van der Waals surface area contributed by atoms with E-state index in [0.717, 1.165) is 27.9 Å². The number of esters is 1. The zero-order valence-corrected chi connectivity index (χ0v) is 19.0. The second-order valence-corrected chi connectivity index (χ2v) is 8.44. The Balaban J connectivity index is 1.34. The van der Waals surface area contributed by atoms with Gasteiger partial charge in [0, 0.05) is 35.9 Å². The lowest BCUT2D eigenvalue weighted by Gasteiger charge is -2.30. The molecule has 0 atom stereocenters. The van der Waals surface area contributed by atoms with Crippen LogP contribution in [0.5, 0.6) is 0 Å². The van der Waals surface area contributed by atoms with Crippen LogP contribution in [0.4, 0.5) is 0 Å². The number of nitrogens with zero attached hydrogens (tertiary/aromatic N) is 3. The summed E-state index contributed by atoms with van der Waals surface area (Å²) in [5.41, 5.74) is 4.85. The van der Waals surface area contributed by atoms with E-state index in [-0.39, 0.29) is 17.8 Å². The van der Waals surface area contributed by atoms with Crippen molar-refractivity contribution in [3.63, 3.8) is 0 Å². The summed E-state index contributed by atoms with van der Waals surface area (Å²) in [7, 11) is 0. The maximum absolute atomic E-state index is 13.1. The Morgan fingerprint density at radius 3 is 2.59 bits per heavy atom. The van der Waals surface area contributed by atoms with Crippen LogP contribution in [0.25, 0.3) is 33.5 Å². The van der Waals surface area contributed by atoms with Crippen LogP contribution in [0.3, 0.4) is 0 Å². The number of aromatic amines is 1. The van der Waals surface area contributed by atoms with Crippen molar-refractivity contribution >= 4 is 22.9 Å². The van der Waals surface area contributed by atoms with Crippen LogP contribution in [0, 0.1) is 5.92 Å². The maximum atomic E-state index is 13.1. The Bertz CT molecular complexity index is 1320. The Hall–Kier alpha value is -4.00. The number of carbonyl (C=O) groups is 2. The molecule has 5 rings (SSSR count). The smallest absolute Gasteiger partial charge is 0.309 e. The van der Waals surface area contributed by atoms with Gasteiger partial charge in [-0.05, 0) is 49.6 Å². The molecule has 3 aromatic heterocycles. The van der Waals surface area contributed by atoms with Crippen LogP contribution in [0.1, 0.15) is 30.3 Å². The number of carbonyl (C=O) groups excluding carboxylic acids is 2. The number of amides is 1. The summed E-state index contributed by atoms with van der Waals surface area (Å²) in [5, 5.41) is 0.982. The van der Waals surface area contributed by atoms with E-state index in [4.69, 9.17) is 4.74 Å². The van der Waals surface area contributed by atoms with Gasteiger partial charge in [0.05, 0.1) is 18.2 Å². The molecule has 1 saturated heterocycles. The third kappa shape index (κ3) is 4.41. The minimum atomic E-state index is -0.169. The fourth-order valence-electron chi connectivity index (χ4n) is 4.38. The van der Waals surface area contributed by atoms with Crippen molar-refractivity contribution in [1.82, 2.24) is 19.9 Å². The molecule has 1 aromatic carbocycles. The van der Waals surface area contributed by atoms with Crippen molar-refractivity contribution < 1.29 is 14.3 Å². The standard InChI is InChI=1S/C27H26N4O3/c1-2-34-27(33)19-11-13-31(14-12-19)26(32)23-10-6-9-22(29-23)21-15-20-16-24(30-25(20)28-17-21)18-7-4-3-5-8-18/h3-10,15-17,19H,2,11-14H2,1H3,(H,28,30). The molecule has 1 amide bonds. The highest BCUT2D eigenvalue weighted by atomic mass is 16.5. The summed E-state index contributed by atoms with van der Waals surface area (Å²) >= 11 is 0. The Labute approximate surface area is 197 Å². The topological polar surface area (TPSA) is 88.2 Å². The summed E-state index contributed by atoms with van der Waals surface area (Å²) in [6, 6.07) is 19.7. The van der Waals surface area contributed by atoms with E-state index in [1.165, 1.54) is 0 Å². The molecule has 1 N–H and O–H groups in total. The molecule has 1 fully saturated rings. The predicted molar refractivity (Wildman–Crippen MR) is 130 cm³/mol. The number of nitrogens with one attached hydrogen (secondary N) is 1. The van der Waals surface area contributed by atoms with E-state index in [0.29, 0.717) is 43.9 Å². The third-order valence-electron chi connectivity index (χ3n) is 6.22. The first-order chi connectivity index (χ1) is 16.6. The third-order valence-corrected chi connectivity index (χ3v) is 6.22. The lowest BCUT2D eigenvalue weighted by Crippen LogP contribution is -2.41. The maximum Gasteiger partial charge on any atom is 0.309 e. The van der Waals surface area contributed by atoms with Gasteiger partial charge in [0.1, 0.15) is 11.3 Å². The highest BCUT2D eigenvalue weighted by Gasteiger charge is 2.29. The van der Waals surface area contributed by atoms with Gasteiger partial charge in [-0.2, -0.15) is 0 Å². The van der Waals surface area contributed by atoms with E-state index >= 15 is 0 Å². The molecule has 7 nitrogen and oxygen atoms in total. The van der Waals surface area contributed by atoms with E-state index in [1.807, 2.05) is 36.4 Å². The molecule has 7 heteroatoms. The molecular weight excluding hydrogens is 428 g/mol. The molecular formula is C27H26N4O3. The van der Waals surface area contributed by atoms with Gasteiger partial charge in [0.25, 0.3) is 5.91 Å². The largest absolute Gasteiger partial charge is 0.466 e. The van der Waals surface area contributed by atoms with E-state index in [9.17, 15) is 9.59 Å².